The SMILES string of the molecule is COCc1cnc(Cl)nc1N. The first-order valence-corrected chi connectivity index (χ1v) is 3.37. The summed E-state index contributed by atoms with van der Waals surface area (Å²) in [6.45, 7) is 0.406. The van der Waals surface area contributed by atoms with Gasteiger partial charge in [-0.15, -0.1) is 0 Å². The van der Waals surface area contributed by atoms with Crippen LogP contribution in [0, 0.1) is 0 Å². The third-order valence-corrected chi connectivity index (χ3v) is 1.35. The van der Waals surface area contributed by atoms with Crippen LogP contribution in [0.3, 0.4) is 0 Å². The molecule has 0 aliphatic carbocycles. The molecule has 0 radical (unpaired) electrons. The van der Waals surface area contributed by atoms with E-state index in [-0.39, 0.29) is 5.28 Å². The molecule has 1 aromatic rings. The van der Waals surface area contributed by atoms with Gasteiger partial charge in [-0.05, 0) is 11.6 Å². The molecule has 0 spiro atoms. The molecule has 5 heteroatoms. The molecule has 0 bridgehead atoms. The van der Waals surface area contributed by atoms with E-state index in [4.69, 9.17) is 22.1 Å². The first-order chi connectivity index (χ1) is 5.24. The molecular formula is C6H8ClN3O. The molecule has 11 heavy (non-hydrogen) atoms. The van der Waals surface area contributed by atoms with Crippen molar-refractivity contribution in [1.29, 1.82) is 0 Å². The third kappa shape index (κ3) is 2.03. The Labute approximate surface area is 69.4 Å². The average Bonchev–Trinajstić information content (AvgIpc) is 1.95. The van der Waals surface area contributed by atoms with E-state index in [1.807, 2.05) is 0 Å². The summed E-state index contributed by atoms with van der Waals surface area (Å²) in [6, 6.07) is 0. The smallest absolute Gasteiger partial charge is 0.224 e. The van der Waals surface area contributed by atoms with Crippen molar-refractivity contribution in [1.82, 2.24) is 9.97 Å². The van der Waals surface area contributed by atoms with Crippen LogP contribution in [0.2, 0.25) is 5.28 Å². The van der Waals surface area contributed by atoms with Gasteiger partial charge in [-0.1, -0.05) is 0 Å². The van der Waals surface area contributed by atoms with Crippen molar-refractivity contribution in [2.45, 2.75) is 6.61 Å². The molecule has 1 rings (SSSR count). The van der Waals surface area contributed by atoms with Gasteiger partial charge in [-0.25, -0.2) is 9.97 Å². The highest BCUT2D eigenvalue weighted by Crippen LogP contribution is 2.10. The maximum Gasteiger partial charge on any atom is 0.224 e. The minimum atomic E-state index is 0.155. The maximum atomic E-state index is 5.49. The zero-order valence-corrected chi connectivity index (χ0v) is 6.80. The topological polar surface area (TPSA) is 61.0 Å². The maximum absolute atomic E-state index is 5.49. The lowest BCUT2D eigenvalue weighted by molar-refractivity contribution is 0.185. The minimum Gasteiger partial charge on any atom is -0.383 e. The number of nitrogens with two attached hydrogens (primary N) is 1. The predicted molar refractivity (Wildman–Crippen MR) is 42.2 cm³/mol. The second kappa shape index (κ2) is 3.50. The fourth-order valence-electron chi connectivity index (χ4n) is 0.664. The molecule has 0 amide bonds. The first-order valence-electron chi connectivity index (χ1n) is 3.00. The predicted octanol–water partition coefficient (Wildman–Crippen LogP) is 0.859. The molecule has 60 valence electrons. The largest absolute Gasteiger partial charge is 0.383 e. The van der Waals surface area contributed by atoms with E-state index in [2.05, 4.69) is 9.97 Å². The van der Waals surface area contributed by atoms with Crippen molar-refractivity contribution in [3.8, 4) is 0 Å². The van der Waals surface area contributed by atoms with Crippen LogP contribution >= 0.6 is 11.6 Å². The molecule has 0 fully saturated rings. The normalized spacial score (nSPS) is 10.0. The van der Waals surface area contributed by atoms with Gasteiger partial charge in [0.05, 0.1) is 6.61 Å². The van der Waals surface area contributed by atoms with E-state index in [1.54, 1.807) is 13.3 Å². The number of hydrogen-bond donors (Lipinski definition) is 1. The number of methoxy groups -OCH3 is 1. The van der Waals surface area contributed by atoms with Gasteiger partial charge in [-0.2, -0.15) is 0 Å². The fourth-order valence-corrected chi connectivity index (χ4v) is 0.804. The number of hydrogen-bond acceptors (Lipinski definition) is 4. The van der Waals surface area contributed by atoms with Crippen LogP contribution in [-0.4, -0.2) is 17.1 Å². The fraction of sp³-hybridized carbons (Fsp3) is 0.333. The monoisotopic (exact) mass is 173 g/mol. The van der Waals surface area contributed by atoms with Gasteiger partial charge in [0, 0.05) is 18.9 Å². The van der Waals surface area contributed by atoms with E-state index >= 15 is 0 Å². The number of anilines is 1. The summed E-state index contributed by atoms with van der Waals surface area (Å²) in [4.78, 5) is 7.50. The van der Waals surface area contributed by atoms with Gasteiger partial charge in [0.25, 0.3) is 0 Å². The number of halogens is 1. The molecule has 0 unspecified atom stereocenters. The van der Waals surface area contributed by atoms with Crippen molar-refractivity contribution in [2.75, 3.05) is 12.8 Å². The molecule has 0 aromatic carbocycles. The number of aromatic nitrogens is 2. The molecule has 0 aliphatic rings. The van der Waals surface area contributed by atoms with Crippen LogP contribution in [0.15, 0.2) is 6.20 Å². The van der Waals surface area contributed by atoms with Crippen molar-refractivity contribution < 1.29 is 4.74 Å². The van der Waals surface area contributed by atoms with Gasteiger partial charge >= 0.3 is 0 Å². The second-order valence-corrected chi connectivity index (χ2v) is 2.32. The van der Waals surface area contributed by atoms with Crippen LogP contribution in [-0.2, 0) is 11.3 Å². The van der Waals surface area contributed by atoms with Gasteiger partial charge < -0.3 is 10.5 Å². The van der Waals surface area contributed by atoms with Crippen LogP contribution in [0.25, 0.3) is 0 Å². The molecule has 2 N–H and O–H groups in total. The van der Waals surface area contributed by atoms with Gasteiger partial charge in [0.15, 0.2) is 0 Å². The highest BCUT2D eigenvalue weighted by Gasteiger charge is 2.00. The average molecular weight is 174 g/mol. The van der Waals surface area contributed by atoms with Crippen LogP contribution in [0.4, 0.5) is 5.82 Å². The quantitative estimate of drug-likeness (QED) is 0.674. The summed E-state index contributed by atoms with van der Waals surface area (Å²) >= 11 is 5.47. The number of ether oxygens (including phenoxy) is 1. The summed E-state index contributed by atoms with van der Waals surface area (Å²) in [5, 5.41) is 0.155. The summed E-state index contributed by atoms with van der Waals surface area (Å²) in [5.41, 5.74) is 6.24. The highest BCUT2D eigenvalue weighted by atomic mass is 35.5. The van der Waals surface area contributed by atoms with Gasteiger partial charge in [-0.3, -0.25) is 0 Å². The minimum absolute atomic E-state index is 0.155. The summed E-state index contributed by atoms with van der Waals surface area (Å²) in [5.74, 6) is 0.367. The standard InChI is InChI=1S/C6H8ClN3O/c1-11-3-4-2-9-6(7)10-5(4)8/h2H,3H2,1H3,(H2,8,9,10). The molecule has 1 aromatic heterocycles. The molecule has 4 nitrogen and oxygen atoms in total. The molecule has 0 saturated carbocycles. The van der Waals surface area contributed by atoms with E-state index < -0.39 is 0 Å². The molecule has 0 saturated heterocycles. The van der Waals surface area contributed by atoms with Crippen molar-refractivity contribution in [2.24, 2.45) is 0 Å². The summed E-state index contributed by atoms with van der Waals surface area (Å²) in [6.07, 6.45) is 1.55. The highest BCUT2D eigenvalue weighted by molar-refractivity contribution is 6.28. The lowest BCUT2D eigenvalue weighted by Gasteiger charge is -2.01. The Hall–Kier alpha value is -0.870. The van der Waals surface area contributed by atoms with Crippen LogP contribution in [0.1, 0.15) is 5.56 Å². The Morgan fingerprint density at radius 1 is 1.73 bits per heavy atom. The Bertz CT molecular complexity index is 254. The van der Waals surface area contributed by atoms with Crippen LogP contribution in [0.5, 0.6) is 0 Å². The third-order valence-electron chi connectivity index (χ3n) is 1.17. The molecule has 0 aliphatic heterocycles. The lowest BCUT2D eigenvalue weighted by Crippen LogP contribution is -2.00. The van der Waals surface area contributed by atoms with E-state index in [1.165, 1.54) is 0 Å². The summed E-state index contributed by atoms with van der Waals surface area (Å²) < 4.78 is 4.85. The molecular weight excluding hydrogens is 166 g/mol. The second-order valence-electron chi connectivity index (χ2n) is 1.98. The Morgan fingerprint density at radius 3 is 3.00 bits per heavy atom. The zero-order valence-electron chi connectivity index (χ0n) is 6.04. The van der Waals surface area contributed by atoms with Gasteiger partial charge in [0.1, 0.15) is 5.82 Å². The first kappa shape index (κ1) is 8.23. The number of nitrogen functional groups attached to an aromatic ring is 1. The summed E-state index contributed by atoms with van der Waals surface area (Å²) in [7, 11) is 1.58. The van der Waals surface area contributed by atoms with E-state index in [9.17, 15) is 0 Å². The van der Waals surface area contributed by atoms with Crippen molar-refractivity contribution >= 4 is 17.4 Å². The van der Waals surface area contributed by atoms with E-state index in [0.29, 0.717) is 12.4 Å². The van der Waals surface area contributed by atoms with Crippen LogP contribution < -0.4 is 5.73 Å². The Kier molecular flexibility index (Phi) is 2.62. The lowest BCUT2D eigenvalue weighted by atomic mass is 10.3. The van der Waals surface area contributed by atoms with E-state index in [0.717, 1.165) is 5.56 Å². The zero-order chi connectivity index (χ0) is 8.27. The molecule has 1 heterocycles. The Balaban J connectivity index is 2.90. The van der Waals surface area contributed by atoms with Crippen molar-refractivity contribution in [3.63, 3.8) is 0 Å². The number of rotatable bonds is 2. The Morgan fingerprint density at radius 2 is 2.45 bits per heavy atom. The van der Waals surface area contributed by atoms with Crippen molar-refractivity contribution in [3.05, 3.63) is 17.0 Å². The van der Waals surface area contributed by atoms with Gasteiger partial charge in [0.2, 0.25) is 5.28 Å². The number of nitrogens with zero attached hydrogens (tertiary/aromatic N) is 2. The molecule has 0 atom stereocenters.